The lowest BCUT2D eigenvalue weighted by atomic mass is 9.94. The molecular formula is C19H24N2O. The van der Waals surface area contributed by atoms with E-state index in [1.807, 2.05) is 54.4 Å². The van der Waals surface area contributed by atoms with E-state index in [0.717, 1.165) is 5.56 Å². The molecule has 2 rings (SSSR count). The van der Waals surface area contributed by atoms with E-state index in [4.69, 9.17) is 5.73 Å². The van der Waals surface area contributed by atoms with Crippen molar-refractivity contribution >= 4 is 11.6 Å². The summed E-state index contributed by atoms with van der Waals surface area (Å²) in [6.45, 7) is 4.29. The SMILES string of the molecule is CC(C)[C@H](c1ccccc1)N(C)C(=O)Cc1ccc(N)cc1. The molecule has 0 unspecified atom stereocenters. The van der Waals surface area contributed by atoms with Crippen molar-refractivity contribution in [3.63, 3.8) is 0 Å². The fraction of sp³-hybridized carbons (Fsp3) is 0.316. The Bertz CT molecular complexity index is 605. The van der Waals surface area contributed by atoms with Gasteiger partial charge in [0.15, 0.2) is 0 Å². The number of hydrogen-bond donors (Lipinski definition) is 1. The minimum Gasteiger partial charge on any atom is -0.399 e. The second-order valence-corrected chi connectivity index (χ2v) is 6.02. The summed E-state index contributed by atoms with van der Waals surface area (Å²) in [4.78, 5) is 14.5. The molecule has 0 aliphatic rings. The van der Waals surface area contributed by atoms with Crippen molar-refractivity contribution in [3.05, 3.63) is 65.7 Å². The molecule has 0 spiro atoms. The second-order valence-electron chi connectivity index (χ2n) is 6.02. The lowest BCUT2D eigenvalue weighted by Crippen LogP contribution is -2.35. The van der Waals surface area contributed by atoms with Gasteiger partial charge in [0.05, 0.1) is 12.5 Å². The molecule has 116 valence electrons. The van der Waals surface area contributed by atoms with Crippen LogP contribution in [-0.4, -0.2) is 17.9 Å². The highest BCUT2D eigenvalue weighted by Crippen LogP contribution is 2.27. The molecule has 0 saturated carbocycles. The van der Waals surface area contributed by atoms with Gasteiger partial charge in [-0.15, -0.1) is 0 Å². The highest BCUT2D eigenvalue weighted by atomic mass is 16.2. The Labute approximate surface area is 132 Å². The molecule has 22 heavy (non-hydrogen) atoms. The molecule has 0 bridgehead atoms. The highest BCUT2D eigenvalue weighted by Gasteiger charge is 2.24. The van der Waals surface area contributed by atoms with Gasteiger partial charge in [-0.25, -0.2) is 0 Å². The van der Waals surface area contributed by atoms with E-state index in [9.17, 15) is 4.79 Å². The quantitative estimate of drug-likeness (QED) is 0.856. The Morgan fingerprint density at radius 3 is 2.18 bits per heavy atom. The van der Waals surface area contributed by atoms with Gasteiger partial charge in [-0.1, -0.05) is 56.3 Å². The Morgan fingerprint density at radius 2 is 1.64 bits per heavy atom. The summed E-state index contributed by atoms with van der Waals surface area (Å²) in [5.41, 5.74) is 8.56. The zero-order valence-electron chi connectivity index (χ0n) is 13.5. The van der Waals surface area contributed by atoms with Gasteiger partial charge in [-0.05, 0) is 29.2 Å². The van der Waals surface area contributed by atoms with Crippen LogP contribution in [0.3, 0.4) is 0 Å². The maximum atomic E-state index is 12.6. The number of nitrogen functional groups attached to an aromatic ring is 1. The van der Waals surface area contributed by atoms with Crippen molar-refractivity contribution in [2.45, 2.75) is 26.3 Å². The number of benzene rings is 2. The van der Waals surface area contributed by atoms with E-state index < -0.39 is 0 Å². The van der Waals surface area contributed by atoms with Crippen LogP contribution in [0, 0.1) is 5.92 Å². The van der Waals surface area contributed by atoms with Gasteiger partial charge >= 0.3 is 0 Å². The molecular weight excluding hydrogens is 272 g/mol. The third-order valence-electron chi connectivity index (χ3n) is 3.92. The first-order valence-electron chi connectivity index (χ1n) is 7.64. The molecule has 0 aliphatic carbocycles. The van der Waals surface area contributed by atoms with Gasteiger partial charge < -0.3 is 10.6 Å². The zero-order chi connectivity index (χ0) is 16.1. The van der Waals surface area contributed by atoms with Gasteiger partial charge in [-0.3, -0.25) is 4.79 Å². The average Bonchev–Trinajstić information content (AvgIpc) is 2.50. The smallest absolute Gasteiger partial charge is 0.227 e. The molecule has 0 heterocycles. The van der Waals surface area contributed by atoms with Crippen LogP contribution < -0.4 is 5.73 Å². The third-order valence-corrected chi connectivity index (χ3v) is 3.92. The highest BCUT2D eigenvalue weighted by molar-refractivity contribution is 5.79. The molecule has 0 fully saturated rings. The van der Waals surface area contributed by atoms with Gasteiger partial charge in [0.25, 0.3) is 0 Å². The minimum atomic E-state index is 0.0856. The molecule has 2 aromatic carbocycles. The molecule has 3 heteroatoms. The summed E-state index contributed by atoms with van der Waals surface area (Å²) < 4.78 is 0. The fourth-order valence-electron chi connectivity index (χ4n) is 2.80. The second kappa shape index (κ2) is 7.12. The van der Waals surface area contributed by atoms with Crippen molar-refractivity contribution in [1.82, 2.24) is 4.90 Å². The number of anilines is 1. The summed E-state index contributed by atoms with van der Waals surface area (Å²) in [5.74, 6) is 0.468. The lowest BCUT2D eigenvalue weighted by molar-refractivity contribution is -0.132. The van der Waals surface area contributed by atoms with Crippen LogP contribution in [0.1, 0.15) is 31.0 Å². The van der Waals surface area contributed by atoms with Crippen LogP contribution >= 0.6 is 0 Å². The minimum absolute atomic E-state index is 0.0856. The van der Waals surface area contributed by atoms with Gasteiger partial charge in [0.2, 0.25) is 5.91 Å². The summed E-state index contributed by atoms with van der Waals surface area (Å²) in [7, 11) is 1.89. The van der Waals surface area contributed by atoms with Crippen molar-refractivity contribution in [1.29, 1.82) is 0 Å². The van der Waals surface area contributed by atoms with E-state index >= 15 is 0 Å². The van der Waals surface area contributed by atoms with Gasteiger partial charge in [0.1, 0.15) is 0 Å². The number of rotatable bonds is 5. The number of likely N-dealkylation sites (N-methyl/N-ethyl adjacent to an activating group) is 1. The number of carbonyl (C=O) groups is 1. The molecule has 0 saturated heterocycles. The number of nitrogens with zero attached hydrogens (tertiary/aromatic N) is 1. The number of nitrogens with two attached hydrogens (primary N) is 1. The molecule has 1 amide bonds. The van der Waals surface area contributed by atoms with E-state index in [2.05, 4.69) is 26.0 Å². The maximum Gasteiger partial charge on any atom is 0.227 e. The summed E-state index contributed by atoms with van der Waals surface area (Å²) >= 11 is 0. The third kappa shape index (κ3) is 3.88. The molecule has 2 N–H and O–H groups in total. The van der Waals surface area contributed by atoms with Crippen molar-refractivity contribution in [2.24, 2.45) is 5.92 Å². The monoisotopic (exact) mass is 296 g/mol. The number of amides is 1. The first-order valence-corrected chi connectivity index (χ1v) is 7.64. The maximum absolute atomic E-state index is 12.6. The van der Waals surface area contributed by atoms with Crippen molar-refractivity contribution < 1.29 is 4.79 Å². The van der Waals surface area contributed by atoms with Crippen LogP contribution in [0.25, 0.3) is 0 Å². The Hall–Kier alpha value is -2.29. The van der Waals surface area contributed by atoms with Crippen LogP contribution in [-0.2, 0) is 11.2 Å². The lowest BCUT2D eigenvalue weighted by Gasteiger charge is -2.32. The van der Waals surface area contributed by atoms with Gasteiger partial charge in [-0.2, -0.15) is 0 Å². The zero-order valence-corrected chi connectivity index (χ0v) is 13.5. The van der Waals surface area contributed by atoms with Crippen LogP contribution in [0.5, 0.6) is 0 Å². The predicted octanol–water partition coefficient (Wildman–Crippen LogP) is 3.67. The summed E-state index contributed by atoms with van der Waals surface area (Å²) in [5, 5.41) is 0. The largest absolute Gasteiger partial charge is 0.399 e. The first kappa shape index (κ1) is 16.1. The van der Waals surface area contributed by atoms with Crippen molar-refractivity contribution in [2.75, 3.05) is 12.8 Å². The normalized spacial score (nSPS) is 12.2. The van der Waals surface area contributed by atoms with Gasteiger partial charge in [0, 0.05) is 12.7 Å². The van der Waals surface area contributed by atoms with E-state index in [1.165, 1.54) is 5.56 Å². The van der Waals surface area contributed by atoms with Crippen LogP contribution in [0.15, 0.2) is 54.6 Å². The van der Waals surface area contributed by atoms with Crippen LogP contribution in [0.2, 0.25) is 0 Å². The van der Waals surface area contributed by atoms with Crippen LogP contribution in [0.4, 0.5) is 5.69 Å². The molecule has 0 aromatic heterocycles. The predicted molar refractivity (Wildman–Crippen MR) is 91.3 cm³/mol. The van der Waals surface area contributed by atoms with E-state index in [1.54, 1.807) is 0 Å². The molecule has 3 nitrogen and oxygen atoms in total. The topological polar surface area (TPSA) is 46.3 Å². The van der Waals surface area contributed by atoms with Crippen molar-refractivity contribution in [3.8, 4) is 0 Å². The fourth-order valence-corrected chi connectivity index (χ4v) is 2.80. The molecule has 0 radical (unpaired) electrons. The van der Waals surface area contributed by atoms with E-state index in [-0.39, 0.29) is 11.9 Å². The Morgan fingerprint density at radius 1 is 1.05 bits per heavy atom. The number of carbonyl (C=O) groups excluding carboxylic acids is 1. The van der Waals surface area contributed by atoms with E-state index in [0.29, 0.717) is 18.0 Å². The molecule has 0 aliphatic heterocycles. The Kier molecular flexibility index (Phi) is 5.21. The number of hydrogen-bond acceptors (Lipinski definition) is 2. The first-order chi connectivity index (χ1) is 10.5. The summed E-state index contributed by atoms with van der Waals surface area (Å²) in [6, 6.07) is 17.8. The molecule has 2 aromatic rings. The standard InChI is InChI=1S/C19H24N2O/c1-14(2)19(16-7-5-4-6-8-16)21(3)18(22)13-15-9-11-17(20)12-10-15/h4-12,14,19H,13,20H2,1-3H3/t19-/m1/s1. The molecule has 1 atom stereocenters. The summed E-state index contributed by atoms with van der Waals surface area (Å²) in [6.07, 6.45) is 0.396. The Balaban J connectivity index is 2.14. The average molecular weight is 296 g/mol.